The first kappa shape index (κ1) is 14.6. The van der Waals surface area contributed by atoms with E-state index in [-0.39, 0.29) is 5.54 Å². The highest BCUT2D eigenvalue weighted by Crippen LogP contribution is 2.32. The number of nitrogens with one attached hydrogen (secondary N) is 1. The van der Waals surface area contributed by atoms with Gasteiger partial charge in [0.1, 0.15) is 5.75 Å². The summed E-state index contributed by atoms with van der Waals surface area (Å²) in [5.41, 5.74) is 0.719. The second kappa shape index (κ2) is 5.90. The first-order chi connectivity index (χ1) is 7.89. The molecule has 1 N–H and O–H groups in total. The molecule has 0 unspecified atom stereocenters. The fraction of sp³-hybridized carbons (Fsp3) is 0.385. The van der Waals surface area contributed by atoms with E-state index in [0.29, 0.717) is 6.54 Å². The van der Waals surface area contributed by atoms with Gasteiger partial charge in [-0.1, -0.05) is 21.9 Å². The van der Waals surface area contributed by atoms with Crippen LogP contribution in [0.2, 0.25) is 0 Å². The molecule has 0 bridgehead atoms. The first-order valence-corrected chi connectivity index (χ1v) is 6.73. The van der Waals surface area contributed by atoms with Crippen LogP contribution >= 0.6 is 31.9 Å². The van der Waals surface area contributed by atoms with Crippen LogP contribution < -0.4 is 10.1 Å². The molecule has 0 aliphatic carbocycles. The summed E-state index contributed by atoms with van der Waals surface area (Å²) in [6.45, 7) is 4.58. The lowest BCUT2D eigenvalue weighted by Gasteiger charge is -2.21. The van der Waals surface area contributed by atoms with Gasteiger partial charge in [-0.05, 0) is 41.9 Å². The molecule has 0 saturated carbocycles. The van der Waals surface area contributed by atoms with E-state index in [4.69, 9.17) is 11.2 Å². The summed E-state index contributed by atoms with van der Waals surface area (Å²) in [6.07, 6.45) is 5.44. The second-order valence-electron chi connectivity index (χ2n) is 4.20. The normalized spacial score (nSPS) is 11.1. The Morgan fingerprint density at radius 3 is 2.59 bits per heavy atom. The van der Waals surface area contributed by atoms with Gasteiger partial charge in [0.2, 0.25) is 0 Å². The molecule has 0 aliphatic rings. The number of terminal acetylenes is 1. The van der Waals surface area contributed by atoms with Gasteiger partial charge in [0, 0.05) is 16.6 Å². The van der Waals surface area contributed by atoms with Crippen molar-refractivity contribution in [2.75, 3.05) is 7.11 Å². The van der Waals surface area contributed by atoms with Crippen molar-refractivity contribution in [1.82, 2.24) is 5.32 Å². The molecule has 0 aliphatic heterocycles. The molecule has 0 spiro atoms. The average molecular weight is 361 g/mol. The highest BCUT2D eigenvalue weighted by Gasteiger charge is 2.15. The van der Waals surface area contributed by atoms with Gasteiger partial charge in [-0.15, -0.1) is 6.42 Å². The summed E-state index contributed by atoms with van der Waals surface area (Å²) in [6, 6.07) is 3.97. The Kier molecular flexibility index (Phi) is 5.05. The predicted molar refractivity (Wildman–Crippen MR) is 78.1 cm³/mol. The van der Waals surface area contributed by atoms with E-state index < -0.39 is 0 Å². The topological polar surface area (TPSA) is 21.3 Å². The predicted octanol–water partition coefficient (Wildman–Crippen LogP) is 3.72. The molecule has 4 heteroatoms. The zero-order chi connectivity index (χ0) is 13.1. The molecule has 0 amide bonds. The molecule has 1 aromatic rings. The smallest absolute Gasteiger partial charge is 0.137 e. The summed E-state index contributed by atoms with van der Waals surface area (Å²) < 4.78 is 7.29. The quantitative estimate of drug-likeness (QED) is 0.826. The van der Waals surface area contributed by atoms with Crippen molar-refractivity contribution in [3.05, 3.63) is 26.6 Å². The fourth-order valence-corrected chi connectivity index (χ4v) is 2.82. The summed E-state index contributed by atoms with van der Waals surface area (Å²) in [5, 5.41) is 3.30. The van der Waals surface area contributed by atoms with Gasteiger partial charge in [0.15, 0.2) is 0 Å². The standard InChI is InChI=1S/C13H15Br2NO/c1-5-13(2,3)16-8-9-6-10(14)7-11(15)12(9)17-4/h1,6-7,16H,8H2,2-4H3. The van der Waals surface area contributed by atoms with Crippen LogP contribution in [0.1, 0.15) is 19.4 Å². The molecule has 0 radical (unpaired) electrons. The molecule has 0 heterocycles. The van der Waals surface area contributed by atoms with Crippen LogP contribution in [0, 0.1) is 12.3 Å². The van der Waals surface area contributed by atoms with Crippen LogP contribution in [0.4, 0.5) is 0 Å². The van der Waals surface area contributed by atoms with E-state index in [0.717, 1.165) is 20.3 Å². The summed E-state index contributed by atoms with van der Waals surface area (Å²) in [5.74, 6) is 3.53. The number of ether oxygens (including phenoxy) is 1. The van der Waals surface area contributed by atoms with E-state index in [9.17, 15) is 0 Å². The molecular formula is C13H15Br2NO. The number of benzene rings is 1. The largest absolute Gasteiger partial charge is 0.495 e. The molecule has 0 fully saturated rings. The van der Waals surface area contributed by atoms with E-state index in [1.165, 1.54) is 0 Å². The minimum atomic E-state index is -0.334. The Morgan fingerprint density at radius 1 is 1.41 bits per heavy atom. The summed E-state index contributed by atoms with van der Waals surface area (Å²) in [7, 11) is 1.66. The Hall–Kier alpha value is -0.500. The third-order valence-corrected chi connectivity index (χ3v) is 3.42. The van der Waals surface area contributed by atoms with Gasteiger partial charge >= 0.3 is 0 Å². The van der Waals surface area contributed by atoms with Gasteiger partial charge in [0.05, 0.1) is 17.1 Å². The third-order valence-electron chi connectivity index (χ3n) is 2.37. The molecule has 17 heavy (non-hydrogen) atoms. The summed E-state index contributed by atoms with van der Waals surface area (Å²) in [4.78, 5) is 0. The Balaban J connectivity index is 2.95. The number of halogens is 2. The molecule has 1 aromatic carbocycles. The zero-order valence-corrected chi connectivity index (χ0v) is 13.3. The van der Waals surface area contributed by atoms with Crippen LogP contribution in [0.25, 0.3) is 0 Å². The third kappa shape index (κ3) is 4.02. The zero-order valence-electron chi connectivity index (χ0n) is 10.1. The number of methoxy groups -OCH3 is 1. The second-order valence-corrected chi connectivity index (χ2v) is 5.97. The maximum absolute atomic E-state index is 5.44. The number of hydrogen-bond acceptors (Lipinski definition) is 2. The van der Waals surface area contributed by atoms with Crippen LogP contribution in [-0.4, -0.2) is 12.6 Å². The van der Waals surface area contributed by atoms with Gasteiger partial charge in [-0.2, -0.15) is 0 Å². The van der Waals surface area contributed by atoms with Gasteiger partial charge in [-0.25, -0.2) is 0 Å². The van der Waals surface area contributed by atoms with Crippen molar-refractivity contribution in [2.24, 2.45) is 0 Å². The Bertz CT molecular complexity index is 449. The molecule has 2 nitrogen and oxygen atoms in total. The lowest BCUT2D eigenvalue weighted by Crippen LogP contribution is -2.37. The minimum Gasteiger partial charge on any atom is -0.495 e. The van der Waals surface area contributed by atoms with Crippen LogP contribution in [0.5, 0.6) is 5.75 Å². The minimum absolute atomic E-state index is 0.334. The van der Waals surface area contributed by atoms with Crippen LogP contribution in [0.15, 0.2) is 21.1 Å². The molecule has 0 atom stereocenters. The molecular weight excluding hydrogens is 346 g/mol. The van der Waals surface area contributed by atoms with Crippen LogP contribution in [-0.2, 0) is 6.54 Å². The van der Waals surface area contributed by atoms with Crippen molar-refractivity contribution >= 4 is 31.9 Å². The molecule has 92 valence electrons. The number of rotatable bonds is 4. The monoisotopic (exact) mass is 359 g/mol. The van der Waals surface area contributed by atoms with E-state index in [1.807, 2.05) is 26.0 Å². The van der Waals surface area contributed by atoms with Crippen molar-refractivity contribution in [2.45, 2.75) is 25.9 Å². The van der Waals surface area contributed by atoms with Gasteiger partial charge < -0.3 is 4.74 Å². The number of hydrogen-bond donors (Lipinski definition) is 1. The highest BCUT2D eigenvalue weighted by atomic mass is 79.9. The molecule has 1 rings (SSSR count). The first-order valence-electron chi connectivity index (χ1n) is 5.14. The van der Waals surface area contributed by atoms with E-state index in [2.05, 4.69) is 43.1 Å². The Morgan fingerprint density at radius 2 is 2.06 bits per heavy atom. The molecule has 0 saturated heterocycles. The lowest BCUT2D eigenvalue weighted by molar-refractivity contribution is 0.400. The van der Waals surface area contributed by atoms with Crippen molar-refractivity contribution in [1.29, 1.82) is 0 Å². The Labute approximate surface area is 119 Å². The van der Waals surface area contributed by atoms with Crippen LogP contribution in [0.3, 0.4) is 0 Å². The maximum atomic E-state index is 5.44. The highest BCUT2D eigenvalue weighted by molar-refractivity contribution is 9.11. The van der Waals surface area contributed by atoms with E-state index >= 15 is 0 Å². The summed E-state index contributed by atoms with van der Waals surface area (Å²) >= 11 is 6.93. The van der Waals surface area contributed by atoms with Crippen molar-refractivity contribution < 1.29 is 4.74 Å². The average Bonchev–Trinajstić information content (AvgIpc) is 2.26. The van der Waals surface area contributed by atoms with E-state index in [1.54, 1.807) is 7.11 Å². The van der Waals surface area contributed by atoms with Gasteiger partial charge in [0.25, 0.3) is 0 Å². The van der Waals surface area contributed by atoms with Crippen molar-refractivity contribution in [3.63, 3.8) is 0 Å². The lowest BCUT2D eigenvalue weighted by atomic mass is 10.1. The fourth-order valence-electron chi connectivity index (χ4n) is 1.34. The SMILES string of the molecule is C#CC(C)(C)NCc1cc(Br)cc(Br)c1OC. The van der Waals surface area contributed by atoms with Crippen molar-refractivity contribution in [3.8, 4) is 18.1 Å². The van der Waals surface area contributed by atoms with Gasteiger partial charge in [-0.3, -0.25) is 5.32 Å². The maximum Gasteiger partial charge on any atom is 0.137 e. The molecule has 0 aromatic heterocycles.